The summed E-state index contributed by atoms with van der Waals surface area (Å²) in [5, 5.41) is 0. The minimum atomic E-state index is 0.745. The first-order chi connectivity index (χ1) is 6.90. The van der Waals surface area contributed by atoms with Gasteiger partial charge in [-0.05, 0) is 30.9 Å². The molecule has 1 heterocycles. The number of nitrogens with zero attached hydrogens (tertiary/aromatic N) is 1. The Labute approximate surface area is 86.6 Å². The Balaban J connectivity index is 2.07. The summed E-state index contributed by atoms with van der Waals surface area (Å²) in [5.41, 5.74) is 2.67. The van der Waals surface area contributed by atoms with Crippen LogP contribution >= 0.6 is 0 Å². The van der Waals surface area contributed by atoms with Crippen LogP contribution < -0.4 is 0 Å². The first-order valence-electron chi connectivity index (χ1n) is 5.85. The summed E-state index contributed by atoms with van der Waals surface area (Å²) in [7, 11) is 0. The van der Waals surface area contributed by atoms with Gasteiger partial charge in [0.25, 0.3) is 0 Å². The van der Waals surface area contributed by atoms with Crippen LogP contribution in [-0.2, 0) is 6.42 Å². The zero-order chi connectivity index (χ0) is 9.80. The van der Waals surface area contributed by atoms with Gasteiger partial charge in [-0.2, -0.15) is 0 Å². The van der Waals surface area contributed by atoms with Crippen molar-refractivity contribution in [3.05, 3.63) is 29.6 Å². The van der Waals surface area contributed by atoms with Crippen molar-refractivity contribution in [2.75, 3.05) is 0 Å². The van der Waals surface area contributed by atoms with E-state index in [4.69, 9.17) is 0 Å². The van der Waals surface area contributed by atoms with Gasteiger partial charge < -0.3 is 0 Å². The molecule has 0 radical (unpaired) electrons. The molecule has 1 saturated carbocycles. The van der Waals surface area contributed by atoms with Crippen LogP contribution in [0.3, 0.4) is 0 Å². The Morgan fingerprint density at radius 2 is 2.00 bits per heavy atom. The van der Waals surface area contributed by atoms with Crippen molar-refractivity contribution < 1.29 is 0 Å². The smallest absolute Gasteiger partial charge is 0.0434 e. The Morgan fingerprint density at radius 1 is 1.21 bits per heavy atom. The van der Waals surface area contributed by atoms with Crippen molar-refractivity contribution in [1.82, 2.24) is 4.98 Å². The van der Waals surface area contributed by atoms with Crippen molar-refractivity contribution >= 4 is 0 Å². The summed E-state index contributed by atoms with van der Waals surface area (Å²) in [6.07, 6.45) is 10.0. The minimum absolute atomic E-state index is 0.745. The highest BCUT2D eigenvalue weighted by Gasteiger charge is 2.15. The van der Waals surface area contributed by atoms with Crippen LogP contribution in [0.4, 0.5) is 0 Å². The molecule has 0 bridgehead atoms. The Bertz CT molecular complexity index is 270. The first kappa shape index (κ1) is 9.70. The number of hydrogen-bond donors (Lipinski definition) is 0. The van der Waals surface area contributed by atoms with E-state index in [0.717, 1.165) is 12.3 Å². The van der Waals surface area contributed by atoms with Crippen LogP contribution in [0, 0.1) is 0 Å². The maximum Gasteiger partial charge on any atom is 0.0434 e. The molecule has 0 N–H and O–H groups in total. The standard InChI is InChI=1S/C13H19N/c1-2-11-8-9-13(14-10-11)12-6-4-3-5-7-12/h8-10,12H,2-7H2,1H3. The third-order valence-corrected chi connectivity index (χ3v) is 3.28. The number of aryl methyl sites for hydroxylation is 1. The van der Waals surface area contributed by atoms with E-state index in [9.17, 15) is 0 Å². The lowest BCUT2D eigenvalue weighted by Crippen LogP contribution is -2.06. The highest BCUT2D eigenvalue weighted by Crippen LogP contribution is 2.31. The lowest BCUT2D eigenvalue weighted by atomic mass is 9.86. The highest BCUT2D eigenvalue weighted by molar-refractivity contribution is 5.17. The van der Waals surface area contributed by atoms with Crippen molar-refractivity contribution in [2.24, 2.45) is 0 Å². The molecule has 0 aromatic carbocycles. The molecule has 0 amide bonds. The average molecular weight is 189 g/mol. The molecule has 76 valence electrons. The first-order valence-corrected chi connectivity index (χ1v) is 5.85. The quantitative estimate of drug-likeness (QED) is 0.691. The van der Waals surface area contributed by atoms with Gasteiger partial charge in [0, 0.05) is 17.8 Å². The van der Waals surface area contributed by atoms with E-state index in [2.05, 4.69) is 24.0 Å². The van der Waals surface area contributed by atoms with Crippen LogP contribution in [0.1, 0.15) is 56.2 Å². The second-order valence-electron chi connectivity index (χ2n) is 4.28. The molecular weight excluding hydrogens is 170 g/mol. The van der Waals surface area contributed by atoms with E-state index >= 15 is 0 Å². The zero-order valence-electron chi connectivity index (χ0n) is 9.00. The van der Waals surface area contributed by atoms with Gasteiger partial charge in [-0.15, -0.1) is 0 Å². The van der Waals surface area contributed by atoms with E-state index in [1.807, 2.05) is 6.20 Å². The van der Waals surface area contributed by atoms with Gasteiger partial charge in [0.15, 0.2) is 0 Å². The predicted octanol–water partition coefficient (Wildman–Crippen LogP) is 3.69. The maximum atomic E-state index is 4.57. The van der Waals surface area contributed by atoms with Crippen molar-refractivity contribution in [2.45, 2.75) is 51.4 Å². The van der Waals surface area contributed by atoms with Crippen LogP contribution in [0.5, 0.6) is 0 Å². The summed E-state index contributed by atoms with van der Waals surface area (Å²) < 4.78 is 0. The Hall–Kier alpha value is -0.850. The topological polar surface area (TPSA) is 12.9 Å². The lowest BCUT2D eigenvalue weighted by molar-refractivity contribution is 0.436. The summed E-state index contributed by atoms with van der Waals surface area (Å²) >= 11 is 0. The summed E-state index contributed by atoms with van der Waals surface area (Å²) in [4.78, 5) is 4.57. The average Bonchev–Trinajstić information content (AvgIpc) is 2.30. The third-order valence-electron chi connectivity index (χ3n) is 3.28. The Kier molecular flexibility index (Phi) is 3.18. The molecule has 0 spiro atoms. The van der Waals surface area contributed by atoms with E-state index < -0.39 is 0 Å². The second kappa shape index (κ2) is 4.59. The fourth-order valence-corrected chi connectivity index (χ4v) is 2.28. The highest BCUT2D eigenvalue weighted by atomic mass is 14.7. The molecular formula is C13H19N. The van der Waals surface area contributed by atoms with Crippen molar-refractivity contribution in [3.8, 4) is 0 Å². The number of aromatic nitrogens is 1. The summed E-state index contributed by atoms with van der Waals surface area (Å²) in [5.74, 6) is 0.745. The predicted molar refractivity (Wildman–Crippen MR) is 59.4 cm³/mol. The third kappa shape index (κ3) is 2.14. The SMILES string of the molecule is CCc1ccc(C2CCCCC2)nc1. The van der Waals surface area contributed by atoms with E-state index in [-0.39, 0.29) is 0 Å². The van der Waals surface area contributed by atoms with Gasteiger partial charge in [0.2, 0.25) is 0 Å². The number of hydrogen-bond acceptors (Lipinski definition) is 1. The largest absolute Gasteiger partial charge is 0.261 e. The van der Waals surface area contributed by atoms with Crippen molar-refractivity contribution in [3.63, 3.8) is 0 Å². The van der Waals surface area contributed by atoms with Crippen LogP contribution in [0.15, 0.2) is 18.3 Å². The normalized spacial score (nSPS) is 18.4. The van der Waals surface area contributed by atoms with Gasteiger partial charge in [-0.3, -0.25) is 4.98 Å². The number of pyridine rings is 1. The maximum absolute atomic E-state index is 4.57. The van der Waals surface area contributed by atoms with Gasteiger partial charge in [-0.1, -0.05) is 32.3 Å². The summed E-state index contributed by atoms with van der Waals surface area (Å²) in [6, 6.07) is 4.46. The molecule has 1 aliphatic rings. The monoisotopic (exact) mass is 189 g/mol. The molecule has 1 aliphatic carbocycles. The molecule has 0 aliphatic heterocycles. The lowest BCUT2D eigenvalue weighted by Gasteiger charge is -2.20. The van der Waals surface area contributed by atoms with Crippen LogP contribution in [0.2, 0.25) is 0 Å². The van der Waals surface area contributed by atoms with Gasteiger partial charge in [-0.25, -0.2) is 0 Å². The molecule has 1 aromatic rings. The molecule has 0 atom stereocenters. The van der Waals surface area contributed by atoms with Crippen LogP contribution in [0.25, 0.3) is 0 Å². The zero-order valence-corrected chi connectivity index (χ0v) is 9.00. The molecule has 0 unspecified atom stereocenters. The second-order valence-corrected chi connectivity index (χ2v) is 4.28. The van der Waals surface area contributed by atoms with Crippen LogP contribution in [-0.4, -0.2) is 4.98 Å². The fourth-order valence-electron chi connectivity index (χ4n) is 2.28. The van der Waals surface area contributed by atoms with E-state index in [0.29, 0.717) is 0 Å². The van der Waals surface area contributed by atoms with Crippen molar-refractivity contribution in [1.29, 1.82) is 0 Å². The molecule has 1 fully saturated rings. The number of rotatable bonds is 2. The molecule has 1 heteroatoms. The fraction of sp³-hybridized carbons (Fsp3) is 0.615. The molecule has 1 nitrogen and oxygen atoms in total. The van der Waals surface area contributed by atoms with Gasteiger partial charge >= 0.3 is 0 Å². The van der Waals surface area contributed by atoms with Gasteiger partial charge in [0.05, 0.1) is 0 Å². The Morgan fingerprint density at radius 3 is 2.57 bits per heavy atom. The molecule has 1 aromatic heterocycles. The minimum Gasteiger partial charge on any atom is -0.261 e. The van der Waals surface area contributed by atoms with E-state index in [1.165, 1.54) is 43.4 Å². The van der Waals surface area contributed by atoms with E-state index in [1.54, 1.807) is 0 Å². The molecule has 14 heavy (non-hydrogen) atoms. The molecule has 0 saturated heterocycles. The summed E-state index contributed by atoms with van der Waals surface area (Å²) in [6.45, 7) is 2.18. The molecule has 2 rings (SSSR count). The van der Waals surface area contributed by atoms with Gasteiger partial charge in [0.1, 0.15) is 0 Å².